The molecule has 0 unspecified atom stereocenters. The summed E-state index contributed by atoms with van der Waals surface area (Å²) in [5.74, 6) is 0. The number of rotatable bonds is 3. The Morgan fingerprint density at radius 3 is 2.25 bits per heavy atom. The zero-order valence-corrected chi connectivity index (χ0v) is 16.1. The second-order valence-electron chi connectivity index (χ2n) is 7.44. The molecule has 0 amide bonds. The largest absolute Gasteiger partial charge is 0.342 e. The zero-order valence-electron chi connectivity index (χ0n) is 16.1. The molecule has 0 spiro atoms. The number of hydrogen-bond acceptors (Lipinski definition) is 2. The molecule has 0 fully saturated rings. The van der Waals surface area contributed by atoms with Gasteiger partial charge in [-0.15, -0.1) is 10.2 Å². The Labute approximate surface area is 164 Å². The van der Waals surface area contributed by atoms with E-state index >= 15 is 0 Å². The average molecular weight is 363 g/mol. The number of fused-ring (bicyclic) bond motifs is 3. The smallest absolute Gasteiger partial charge is 0.106 e. The summed E-state index contributed by atoms with van der Waals surface area (Å²) in [5, 5.41) is 10.3. The van der Waals surface area contributed by atoms with Gasteiger partial charge in [0.2, 0.25) is 0 Å². The molecule has 28 heavy (non-hydrogen) atoms. The molecular formula is C25H21N3. The highest BCUT2D eigenvalue weighted by Gasteiger charge is 2.20. The molecule has 2 aliphatic heterocycles. The molecule has 136 valence electrons. The molecule has 2 heterocycles. The van der Waals surface area contributed by atoms with Crippen LogP contribution in [0.25, 0.3) is 33.4 Å². The number of pyridine rings is 1. The van der Waals surface area contributed by atoms with Gasteiger partial charge in [0.05, 0.1) is 5.52 Å². The summed E-state index contributed by atoms with van der Waals surface area (Å²) in [6.45, 7) is 5.06. The van der Waals surface area contributed by atoms with Crippen LogP contribution in [0.4, 0.5) is 0 Å². The standard InChI is InChI=1S/C25H21N3/c1-17-8-11-19(12-9-17)15-28-16-22-24(20-6-4-3-5-7-20)26-27-25(22)21-14-18(2)10-13-23(21)28/h3-14,16H,15H2,1-2H3. The predicted molar refractivity (Wildman–Crippen MR) is 115 cm³/mol. The van der Waals surface area contributed by atoms with Crippen molar-refractivity contribution in [2.24, 2.45) is 0 Å². The van der Waals surface area contributed by atoms with E-state index in [1.54, 1.807) is 0 Å². The van der Waals surface area contributed by atoms with E-state index in [9.17, 15) is 0 Å². The summed E-state index contributed by atoms with van der Waals surface area (Å²) < 4.78 is 2.32. The quantitative estimate of drug-likeness (QED) is 0.401. The number of benzene rings is 3. The van der Waals surface area contributed by atoms with Crippen LogP contribution in [0, 0.1) is 13.8 Å². The maximum atomic E-state index is 4.56. The number of nitrogens with zero attached hydrogens (tertiary/aromatic N) is 3. The second-order valence-corrected chi connectivity index (χ2v) is 7.44. The topological polar surface area (TPSA) is 30.7 Å². The van der Waals surface area contributed by atoms with Crippen LogP contribution in [-0.2, 0) is 6.54 Å². The van der Waals surface area contributed by atoms with E-state index in [1.165, 1.54) is 22.2 Å². The lowest BCUT2D eigenvalue weighted by Crippen LogP contribution is -2.04. The summed E-state index contributed by atoms with van der Waals surface area (Å²) in [7, 11) is 0. The van der Waals surface area contributed by atoms with E-state index in [0.717, 1.165) is 34.4 Å². The fourth-order valence-electron chi connectivity index (χ4n) is 3.79. The SMILES string of the molecule is Cc1ccc(Cn2cc3c(-c4ccccc4)nnc-3c3cc(C)ccc32)cc1. The number of hydrogen-bond donors (Lipinski definition) is 0. The van der Waals surface area contributed by atoms with Gasteiger partial charge in [-0.05, 0) is 31.5 Å². The van der Waals surface area contributed by atoms with Gasteiger partial charge in [0.25, 0.3) is 0 Å². The van der Waals surface area contributed by atoms with Crippen LogP contribution in [-0.4, -0.2) is 14.8 Å². The lowest BCUT2D eigenvalue weighted by Gasteiger charge is -2.16. The van der Waals surface area contributed by atoms with Crippen molar-refractivity contribution in [2.75, 3.05) is 0 Å². The molecule has 0 atom stereocenters. The first-order chi connectivity index (χ1) is 13.7. The molecule has 5 rings (SSSR count). The zero-order chi connectivity index (χ0) is 19.1. The van der Waals surface area contributed by atoms with Crippen molar-refractivity contribution in [3.05, 3.63) is 95.7 Å². The van der Waals surface area contributed by atoms with Gasteiger partial charge in [-0.3, -0.25) is 0 Å². The van der Waals surface area contributed by atoms with E-state index in [-0.39, 0.29) is 0 Å². The highest BCUT2D eigenvalue weighted by atomic mass is 15.1. The molecule has 0 saturated heterocycles. The third-order valence-electron chi connectivity index (χ3n) is 5.28. The van der Waals surface area contributed by atoms with Gasteiger partial charge in [0, 0.05) is 29.3 Å². The fraction of sp³-hybridized carbons (Fsp3) is 0.120. The summed E-state index contributed by atoms with van der Waals surface area (Å²) in [6.07, 6.45) is 2.20. The average Bonchev–Trinajstić information content (AvgIpc) is 3.14. The van der Waals surface area contributed by atoms with E-state index in [1.807, 2.05) is 18.2 Å². The minimum atomic E-state index is 0.815. The van der Waals surface area contributed by atoms with Gasteiger partial charge < -0.3 is 4.57 Å². The van der Waals surface area contributed by atoms with Gasteiger partial charge in [-0.25, -0.2) is 0 Å². The Kier molecular flexibility index (Phi) is 3.94. The maximum Gasteiger partial charge on any atom is 0.106 e. The summed E-state index contributed by atoms with van der Waals surface area (Å²) in [5.41, 5.74) is 9.07. The Balaban J connectivity index is 1.74. The maximum absolute atomic E-state index is 4.56. The van der Waals surface area contributed by atoms with Crippen molar-refractivity contribution in [3.63, 3.8) is 0 Å². The lowest BCUT2D eigenvalue weighted by atomic mass is 10.0. The van der Waals surface area contributed by atoms with Crippen molar-refractivity contribution in [2.45, 2.75) is 20.4 Å². The molecule has 3 nitrogen and oxygen atoms in total. The molecule has 0 aromatic heterocycles. The Morgan fingerprint density at radius 2 is 1.46 bits per heavy atom. The monoisotopic (exact) mass is 363 g/mol. The van der Waals surface area contributed by atoms with Crippen molar-refractivity contribution in [3.8, 4) is 22.5 Å². The molecule has 0 N–H and O–H groups in total. The van der Waals surface area contributed by atoms with Crippen molar-refractivity contribution >= 4 is 10.9 Å². The highest BCUT2D eigenvalue weighted by molar-refractivity contribution is 5.98. The van der Waals surface area contributed by atoms with Crippen LogP contribution in [0.15, 0.2) is 79.0 Å². The van der Waals surface area contributed by atoms with Crippen LogP contribution in [0.2, 0.25) is 0 Å². The van der Waals surface area contributed by atoms with Crippen molar-refractivity contribution in [1.29, 1.82) is 0 Å². The van der Waals surface area contributed by atoms with E-state index < -0.39 is 0 Å². The molecule has 0 bridgehead atoms. The molecule has 3 aromatic rings. The van der Waals surface area contributed by atoms with Gasteiger partial charge >= 0.3 is 0 Å². The first-order valence-corrected chi connectivity index (χ1v) is 9.56. The van der Waals surface area contributed by atoms with Crippen LogP contribution < -0.4 is 0 Å². The molecule has 0 radical (unpaired) electrons. The number of aryl methyl sites for hydroxylation is 2. The molecule has 3 aromatic carbocycles. The van der Waals surface area contributed by atoms with Crippen LogP contribution in [0.1, 0.15) is 16.7 Å². The Morgan fingerprint density at radius 1 is 0.750 bits per heavy atom. The van der Waals surface area contributed by atoms with Crippen LogP contribution in [0.5, 0.6) is 0 Å². The minimum Gasteiger partial charge on any atom is -0.342 e. The van der Waals surface area contributed by atoms with E-state index in [0.29, 0.717) is 0 Å². The van der Waals surface area contributed by atoms with Gasteiger partial charge in [0.15, 0.2) is 0 Å². The molecule has 0 aliphatic carbocycles. The van der Waals surface area contributed by atoms with E-state index in [4.69, 9.17) is 0 Å². The van der Waals surface area contributed by atoms with Gasteiger partial charge in [0.1, 0.15) is 11.4 Å². The predicted octanol–water partition coefficient (Wildman–Crippen LogP) is 5.87. The summed E-state index contributed by atoms with van der Waals surface area (Å²) in [4.78, 5) is 0. The summed E-state index contributed by atoms with van der Waals surface area (Å²) >= 11 is 0. The minimum absolute atomic E-state index is 0.815. The first-order valence-electron chi connectivity index (χ1n) is 9.56. The Bertz CT molecular complexity index is 1230. The van der Waals surface area contributed by atoms with E-state index in [2.05, 4.69) is 89.4 Å². The third-order valence-corrected chi connectivity index (χ3v) is 5.28. The van der Waals surface area contributed by atoms with Crippen molar-refractivity contribution < 1.29 is 0 Å². The van der Waals surface area contributed by atoms with Crippen LogP contribution in [0.3, 0.4) is 0 Å². The fourth-order valence-corrected chi connectivity index (χ4v) is 3.79. The molecule has 2 aliphatic rings. The van der Waals surface area contributed by atoms with Crippen molar-refractivity contribution in [1.82, 2.24) is 14.8 Å². The first kappa shape index (κ1) is 16.7. The molecular weight excluding hydrogens is 342 g/mol. The molecule has 0 saturated carbocycles. The summed E-state index contributed by atoms with van der Waals surface area (Å²) in [6, 6.07) is 25.6. The number of aromatic nitrogens is 3. The van der Waals surface area contributed by atoms with Gasteiger partial charge in [-0.1, -0.05) is 71.8 Å². The van der Waals surface area contributed by atoms with Crippen LogP contribution >= 0.6 is 0 Å². The van der Waals surface area contributed by atoms with Gasteiger partial charge in [-0.2, -0.15) is 0 Å². The third kappa shape index (κ3) is 2.85. The highest BCUT2D eigenvalue weighted by Crippen LogP contribution is 2.36. The normalized spacial score (nSPS) is 11.4. The lowest BCUT2D eigenvalue weighted by molar-refractivity contribution is 0.827. The molecule has 3 heteroatoms. The Hall–Kier alpha value is -3.46. The second kappa shape index (κ2) is 6.61.